The van der Waals surface area contributed by atoms with Crippen LogP contribution >= 0.6 is 0 Å². The molecule has 2 amide bonds. The number of anilines is 2. The highest BCUT2D eigenvalue weighted by Gasteiger charge is 2.14. The molecule has 142 valence electrons. The van der Waals surface area contributed by atoms with Crippen LogP contribution in [0.2, 0.25) is 0 Å². The van der Waals surface area contributed by atoms with Crippen molar-refractivity contribution in [2.75, 3.05) is 43.5 Å². The van der Waals surface area contributed by atoms with Gasteiger partial charge in [-0.1, -0.05) is 19.1 Å². The van der Waals surface area contributed by atoms with E-state index >= 15 is 0 Å². The van der Waals surface area contributed by atoms with Crippen LogP contribution in [0.1, 0.15) is 22.8 Å². The third kappa shape index (κ3) is 5.64. The number of hydrogen-bond donors (Lipinski definition) is 2. The Morgan fingerprint density at radius 3 is 2.11 bits per heavy atom. The zero-order valence-corrected chi connectivity index (χ0v) is 15.5. The lowest BCUT2D eigenvalue weighted by atomic mass is 10.1. The molecule has 0 bridgehead atoms. The third-order valence-corrected chi connectivity index (χ3v) is 4.52. The quantitative estimate of drug-likeness (QED) is 0.824. The SMILES string of the molecule is CCc1ccc(C(=O)Nc2ccc(NC(=O)CN3CCOCC3)cc2)cc1. The summed E-state index contributed by atoms with van der Waals surface area (Å²) in [5, 5.41) is 5.75. The number of nitrogens with zero attached hydrogens (tertiary/aromatic N) is 1. The van der Waals surface area contributed by atoms with E-state index in [0.717, 1.165) is 19.5 Å². The van der Waals surface area contributed by atoms with E-state index < -0.39 is 0 Å². The predicted molar refractivity (Wildman–Crippen MR) is 106 cm³/mol. The van der Waals surface area contributed by atoms with Crippen molar-refractivity contribution in [1.29, 1.82) is 0 Å². The second kappa shape index (κ2) is 9.30. The van der Waals surface area contributed by atoms with Gasteiger partial charge in [0.2, 0.25) is 5.91 Å². The predicted octanol–water partition coefficient (Wildman–Crippen LogP) is 2.77. The normalized spacial score (nSPS) is 14.6. The number of carbonyl (C=O) groups is 2. The summed E-state index contributed by atoms with van der Waals surface area (Å²) in [5.41, 5.74) is 3.21. The topological polar surface area (TPSA) is 70.7 Å². The van der Waals surface area contributed by atoms with Gasteiger partial charge in [-0.3, -0.25) is 14.5 Å². The Morgan fingerprint density at radius 2 is 1.52 bits per heavy atom. The minimum Gasteiger partial charge on any atom is -0.379 e. The summed E-state index contributed by atoms with van der Waals surface area (Å²) in [6.07, 6.45) is 0.945. The lowest BCUT2D eigenvalue weighted by Crippen LogP contribution is -2.41. The molecule has 3 rings (SSSR count). The summed E-state index contributed by atoms with van der Waals surface area (Å²) in [6, 6.07) is 14.7. The zero-order chi connectivity index (χ0) is 19.1. The van der Waals surface area contributed by atoms with Crippen molar-refractivity contribution in [3.05, 3.63) is 59.7 Å². The molecule has 1 aliphatic rings. The Kier molecular flexibility index (Phi) is 6.57. The van der Waals surface area contributed by atoms with Gasteiger partial charge in [0, 0.05) is 30.0 Å². The molecule has 1 aliphatic heterocycles. The van der Waals surface area contributed by atoms with Gasteiger partial charge in [0.25, 0.3) is 5.91 Å². The van der Waals surface area contributed by atoms with E-state index in [1.807, 2.05) is 24.3 Å². The second-order valence-electron chi connectivity index (χ2n) is 6.52. The molecule has 6 heteroatoms. The van der Waals surface area contributed by atoms with E-state index in [4.69, 9.17) is 4.74 Å². The Bertz CT molecular complexity index is 766. The van der Waals surface area contributed by atoms with Crippen molar-refractivity contribution in [1.82, 2.24) is 4.90 Å². The molecular formula is C21H25N3O3. The highest BCUT2D eigenvalue weighted by Crippen LogP contribution is 2.15. The molecule has 2 N–H and O–H groups in total. The maximum absolute atomic E-state index is 12.3. The van der Waals surface area contributed by atoms with E-state index in [9.17, 15) is 9.59 Å². The third-order valence-electron chi connectivity index (χ3n) is 4.52. The highest BCUT2D eigenvalue weighted by molar-refractivity contribution is 6.04. The standard InChI is InChI=1S/C21H25N3O3/c1-2-16-3-5-17(6-4-16)21(26)23-19-9-7-18(8-10-19)22-20(25)15-24-11-13-27-14-12-24/h3-10H,2,11-15H2,1H3,(H,22,25)(H,23,26). The van der Waals surface area contributed by atoms with E-state index in [0.29, 0.717) is 36.7 Å². The molecule has 1 saturated heterocycles. The molecule has 0 atom stereocenters. The van der Waals surface area contributed by atoms with Gasteiger partial charge >= 0.3 is 0 Å². The Balaban J connectivity index is 1.51. The van der Waals surface area contributed by atoms with E-state index in [-0.39, 0.29) is 11.8 Å². The van der Waals surface area contributed by atoms with Crippen LogP contribution in [0, 0.1) is 0 Å². The zero-order valence-electron chi connectivity index (χ0n) is 15.5. The molecule has 2 aromatic rings. The van der Waals surface area contributed by atoms with Crippen LogP contribution in [-0.2, 0) is 16.0 Å². The fourth-order valence-electron chi connectivity index (χ4n) is 2.89. The van der Waals surface area contributed by atoms with Gasteiger partial charge in [-0.25, -0.2) is 0 Å². The summed E-state index contributed by atoms with van der Waals surface area (Å²) < 4.78 is 5.28. The minimum atomic E-state index is -0.151. The van der Waals surface area contributed by atoms with E-state index in [2.05, 4.69) is 22.5 Å². The first-order chi connectivity index (χ1) is 13.1. The van der Waals surface area contributed by atoms with Crippen LogP contribution in [0.3, 0.4) is 0 Å². The van der Waals surface area contributed by atoms with Gasteiger partial charge in [-0.05, 0) is 48.4 Å². The Labute approximate surface area is 159 Å². The smallest absolute Gasteiger partial charge is 0.255 e. The van der Waals surface area contributed by atoms with Gasteiger partial charge in [0.1, 0.15) is 0 Å². The first kappa shape index (κ1) is 19.1. The van der Waals surface area contributed by atoms with Crippen LogP contribution in [0.25, 0.3) is 0 Å². The average Bonchev–Trinajstić information content (AvgIpc) is 2.70. The van der Waals surface area contributed by atoms with Crippen molar-refractivity contribution in [2.45, 2.75) is 13.3 Å². The van der Waals surface area contributed by atoms with Gasteiger partial charge in [-0.2, -0.15) is 0 Å². The summed E-state index contributed by atoms with van der Waals surface area (Å²) >= 11 is 0. The number of benzene rings is 2. The molecule has 0 radical (unpaired) electrons. The number of ether oxygens (including phenoxy) is 1. The van der Waals surface area contributed by atoms with Crippen LogP contribution in [0.15, 0.2) is 48.5 Å². The maximum Gasteiger partial charge on any atom is 0.255 e. The molecule has 2 aromatic carbocycles. The van der Waals surface area contributed by atoms with Gasteiger partial charge in [0.15, 0.2) is 0 Å². The first-order valence-electron chi connectivity index (χ1n) is 9.24. The number of nitrogens with one attached hydrogen (secondary N) is 2. The second-order valence-corrected chi connectivity index (χ2v) is 6.52. The molecule has 0 spiro atoms. The minimum absolute atomic E-state index is 0.0512. The van der Waals surface area contributed by atoms with E-state index in [1.165, 1.54) is 5.56 Å². The maximum atomic E-state index is 12.3. The summed E-state index contributed by atoms with van der Waals surface area (Å²) in [6.45, 7) is 5.33. The first-order valence-corrected chi connectivity index (χ1v) is 9.24. The average molecular weight is 367 g/mol. The number of aryl methyl sites for hydroxylation is 1. The van der Waals surface area contributed by atoms with Crippen LogP contribution in [0.5, 0.6) is 0 Å². The fourth-order valence-corrected chi connectivity index (χ4v) is 2.89. The molecule has 6 nitrogen and oxygen atoms in total. The fraction of sp³-hybridized carbons (Fsp3) is 0.333. The van der Waals surface area contributed by atoms with Crippen molar-refractivity contribution < 1.29 is 14.3 Å². The van der Waals surface area contributed by atoms with Gasteiger partial charge < -0.3 is 15.4 Å². The number of morpholine rings is 1. The van der Waals surface area contributed by atoms with Crippen LogP contribution < -0.4 is 10.6 Å². The number of hydrogen-bond acceptors (Lipinski definition) is 4. The van der Waals surface area contributed by atoms with Crippen molar-refractivity contribution in [2.24, 2.45) is 0 Å². The lowest BCUT2D eigenvalue weighted by molar-refractivity contribution is -0.118. The summed E-state index contributed by atoms with van der Waals surface area (Å²) in [4.78, 5) is 26.5. The van der Waals surface area contributed by atoms with Crippen molar-refractivity contribution >= 4 is 23.2 Å². The molecule has 0 aliphatic carbocycles. The molecule has 0 aromatic heterocycles. The van der Waals surface area contributed by atoms with Crippen molar-refractivity contribution in [3.8, 4) is 0 Å². The van der Waals surface area contributed by atoms with E-state index in [1.54, 1.807) is 24.3 Å². The molecule has 27 heavy (non-hydrogen) atoms. The highest BCUT2D eigenvalue weighted by atomic mass is 16.5. The van der Waals surface area contributed by atoms with Gasteiger partial charge in [-0.15, -0.1) is 0 Å². The summed E-state index contributed by atoms with van der Waals surface area (Å²) in [5.74, 6) is -0.202. The molecular weight excluding hydrogens is 342 g/mol. The van der Waals surface area contributed by atoms with Crippen molar-refractivity contribution in [3.63, 3.8) is 0 Å². The lowest BCUT2D eigenvalue weighted by Gasteiger charge is -2.25. The largest absolute Gasteiger partial charge is 0.379 e. The Morgan fingerprint density at radius 1 is 0.926 bits per heavy atom. The number of carbonyl (C=O) groups excluding carboxylic acids is 2. The van der Waals surface area contributed by atoms with Crippen LogP contribution in [-0.4, -0.2) is 49.6 Å². The molecule has 1 fully saturated rings. The molecule has 0 unspecified atom stereocenters. The summed E-state index contributed by atoms with van der Waals surface area (Å²) in [7, 11) is 0. The Hall–Kier alpha value is -2.70. The molecule has 0 saturated carbocycles. The molecule has 1 heterocycles. The monoisotopic (exact) mass is 367 g/mol. The van der Waals surface area contributed by atoms with Gasteiger partial charge in [0.05, 0.1) is 19.8 Å². The number of amides is 2. The number of rotatable bonds is 6. The van der Waals surface area contributed by atoms with Crippen LogP contribution in [0.4, 0.5) is 11.4 Å².